The van der Waals surface area contributed by atoms with E-state index in [0.717, 1.165) is 32.1 Å². The van der Waals surface area contributed by atoms with Gasteiger partial charge in [-0.3, -0.25) is 4.79 Å². The molecule has 1 atom stereocenters. The van der Waals surface area contributed by atoms with Crippen LogP contribution in [0.15, 0.2) is 0 Å². The monoisotopic (exact) mass is 515 g/mol. The summed E-state index contributed by atoms with van der Waals surface area (Å²) in [7, 11) is 0.570. The smallest absolute Gasteiger partial charge is 0.311 e. The van der Waals surface area contributed by atoms with Gasteiger partial charge in [0.05, 0.1) is 6.61 Å². The van der Waals surface area contributed by atoms with E-state index in [2.05, 4.69) is 37.1 Å². The van der Waals surface area contributed by atoms with E-state index in [-0.39, 0.29) is 6.42 Å². The molecule has 0 saturated carbocycles. The molecule has 0 aliphatic carbocycles. The number of benzene rings is 1. The average Bonchev–Trinajstić information content (AvgIpc) is 2.78. The van der Waals surface area contributed by atoms with Crippen LogP contribution in [0.3, 0.4) is 0 Å². The fraction of sp³-hybridized carbons (Fsp3) is 0.696. The lowest BCUT2D eigenvalue weighted by Crippen LogP contribution is -2.33. The van der Waals surface area contributed by atoms with E-state index in [0.29, 0.717) is 31.5 Å². The third-order valence-corrected chi connectivity index (χ3v) is 7.03. The van der Waals surface area contributed by atoms with Gasteiger partial charge in [0.2, 0.25) is 34.8 Å². The molecule has 0 N–H and O–H groups in total. The summed E-state index contributed by atoms with van der Waals surface area (Å²) in [6, 6.07) is 0.638. The molecule has 0 amide bonds. The van der Waals surface area contributed by atoms with Crippen molar-refractivity contribution in [1.29, 1.82) is 0 Å². The molecule has 1 unspecified atom stereocenters. The number of hydrogen-bond donors (Lipinski definition) is 0. The second-order valence-electron chi connectivity index (χ2n) is 8.42. The number of ether oxygens (including phenoxy) is 1. The molecule has 0 aromatic heterocycles. The van der Waals surface area contributed by atoms with Gasteiger partial charge in [0.15, 0.2) is 0 Å². The fourth-order valence-electron chi connectivity index (χ4n) is 3.42. The molecule has 196 valence electrons. The number of halogens is 5. The van der Waals surface area contributed by atoms with Crippen LogP contribution >= 0.6 is 8.53 Å². The van der Waals surface area contributed by atoms with Crippen LogP contribution in [-0.4, -0.2) is 36.4 Å². The van der Waals surface area contributed by atoms with Gasteiger partial charge in [-0.25, -0.2) is 17.8 Å². The molecule has 1 rings (SSSR count). The van der Waals surface area contributed by atoms with E-state index < -0.39 is 49.3 Å². The summed E-state index contributed by atoms with van der Waals surface area (Å²) >= 11 is 0. The number of esters is 1. The van der Waals surface area contributed by atoms with Crippen LogP contribution in [0, 0.1) is 29.1 Å². The summed E-state index contributed by atoms with van der Waals surface area (Å²) < 4.78 is 84.4. The van der Waals surface area contributed by atoms with Gasteiger partial charge in [-0.15, -0.1) is 0 Å². The Bertz CT molecular complexity index is 745. The molecule has 0 bridgehead atoms. The maximum Gasteiger partial charge on any atom is 0.311 e. The van der Waals surface area contributed by atoms with Crippen molar-refractivity contribution >= 4 is 14.5 Å². The SMILES string of the molecule is COP(OCCCCCCCCCC(=O)Oc1c(F)c(F)c(F)c(F)c1F)N(C(C)C)C(C)C. The summed E-state index contributed by atoms with van der Waals surface area (Å²) in [5.74, 6) is -13.5. The van der Waals surface area contributed by atoms with Crippen molar-refractivity contribution in [1.82, 2.24) is 4.67 Å². The molecule has 5 nitrogen and oxygen atoms in total. The largest absolute Gasteiger partial charge is 0.420 e. The Morgan fingerprint density at radius 3 is 1.68 bits per heavy atom. The molecule has 0 heterocycles. The topological polar surface area (TPSA) is 48.0 Å². The van der Waals surface area contributed by atoms with Crippen LogP contribution in [-0.2, 0) is 13.8 Å². The highest BCUT2D eigenvalue weighted by atomic mass is 31.2. The summed E-state index contributed by atoms with van der Waals surface area (Å²) in [6.45, 7) is 9.04. The maximum atomic E-state index is 13.5. The summed E-state index contributed by atoms with van der Waals surface area (Å²) in [4.78, 5) is 11.7. The van der Waals surface area contributed by atoms with Gasteiger partial charge >= 0.3 is 5.97 Å². The van der Waals surface area contributed by atoms with Crippen LogP contribution in [0.25, 0.3) is 0 Å². The Hall–Kier alpha value is -1.35. The average molecular weight is 516 g/mol. The van der Waals surface area contributed by atoms with Gasteiger partial charge in [-0.05, 0) is 40.5 Å². The zero-order chi connectivity index (χ0) is 25.8. The number of unbranched alkanes of at least 4 members (excludes halogenated alkanes) is 6. The second kappa shape index (κ2) is 15.6. The molecule has 0 spiro atoms. The standard InChI is InChI=1S/C23H35F5NO4P/c1-15(2)29(16(3)4)34(31-5)32-14-12-10-8-6-7-9-11-13-17(30)33-23-21(27)19(25)18(24)20(26)22(23)28/h15-16H,6-14H2,1-5H3. The highest BCUT2D eigenvalue weighted by molar-refractivity contribution is 7.44. The molecule has 0 aliphatic heterocycles. The Labute approximate surface area is 199 Å². The van der Waals surface area contributed by atoms with E-state index in [1.165, 1.54) is 0 Å². The zero-order valence-corrected chi connectivity index (χ0v) is 21.3. The van der Waals surface area contributed by atoms with Gasteiger partial charge in [0.25, 0.3) is 8.53 Å². The molecule has 0 saturated heterocycles. The minimum Gasteiger partial charge on any atom is -0.420 e. The number of nitrogens with zero attached hydrogens (tertiary/aromatic N) is 1. The number of carbonyl (C=O) groups is 1. The van der Waals surface area contributed by atoms with E-state index in [1.54, 1.807) is 7.11 Å². The van der Waals surface area contributed by atoms with Crippen molar-refractivity contribution < 1.29 is 40.5 Å². The minimum absolute atomic E-state index is 0.184. The first-order valence-electron chi connectivity index (χ1n) is 11.5. The molecule has 0 radical (unpaired) electrons. The third-order valence-electron chi connectivity index (χ3n) is 5.02. The van der Waals surface area contributed by atoms with Crippen LogP contribution in [0.2, 0.25) is 0 Å². The van der Waals surface area contributed by atoms with Crippen molar-refractivity contribution in [3.8, 4) is 5.75 Å². The molecule has 0 aliphatic rings. The van der Waals surface area contributed by atoms with Crippen molar-refractivity contribution in [2.24, 2.45) is 0 Å². The summed E-state index contributed by atoms with van der Waals surface area (Å²) in [5.41, 5.74) is 0. The Balaban J connectivity index is 2.21. The zero-order valence-electron chi connectivity index (χ0n) is 20.4. The second-order valence-corrected chi connectivity index (χ2v) is 9.98. The van der Waals surface area contributed by atoms with Crippen molar-refractivity contribution in [2.45, 2.75) is 91.1 Å². The predicted octanol–water partition coefficient (Wildman–Crippen LogP) is 7.42. The Morgan fingerprint density at radius 2 is 1.21 bits per heavy atom. The van der Waals surface area contributed by atoms with Gasteiger partial charge in [0, 0.05) is 25.6 Å². The molecule has 1 aromatic carbocycles. The van der Waals surface area contributed by atoms with Gasteiger partial charge in [0.1, 0.15) is 0 Å². The van der Waals surface area contributed by atoms with Crippen molar-refractivity contribution in [3.63, 3.8) is 0 Å². The van der Waals surface area contributed by atoms with Gasteiger partial charge in [-0.2, -0.15) is 8.78 Å². The molecule has 11 heteroatoms. The molecular weight excluding hydrogens is 480 g/mol. The first-order chi connectivity index (χ1) is 16.0. The van der Waals surface area contributed by atoms with Crippen molar-refractivity contribution in [3.05, 3.63) is 29.1 Å². The highest BCUT2D eigenvalue weighted by Gasteiger charge is 2.28. The quantitative estimate of drug-likeness (QED) is 0.0436. The third kappa shape index (κ3) is 9.36. The lowest BCUT2D eigenvalue weighted by atomic mass is 10.1. The van der Waals surface area contributed by atoms with E-state index in [1.807, 2.05) is 0 Å². The Morgan fingerprint density at radius 1 is 0.765 bits per heavy atom. The van der Waals surface area contributed by atoms with E-state index in [4.69, 9.17) is 9.05 Å². The number of carbonyl (C=O) groups excluding carboxylic acids is 1. The maximum absolute atomic E-state index is 13.5. The van der Waals surface area contributed by atoms with Crippen LogP contribution in [0.4, 0.5) is 22.0 Å². The molecule has 34 heavy (non-hydrogen) atoms. The molecule has 1 aromatic rings. The van der Waals surface area contributed by atoms with Crippen LogP contribution < -0.4 is 4.74 Å². The number of hydrogen-bond acceptors (Lipinski definition) is 5. The minimum atomic E-state index is -2.30. The first-order valence-corrected chi connectivity index (χ1v) is 12.6. The molecular formula is C23H35F5NO4P. The normalized spacial score (nSPS) is 12.7. The van der Waals surface area contributed by atoms with Crippen LogP contribution in [0.1, 0.15) is 79.1 Å². The van der Waals surface area contributed by atoms with Gasteiger partial charge < -0.3 is 13.8 Å². The molecule has 0 fully saturated rings. The lowest BCUT2D eigenvalue weighted by molar-refractivity contribution is -0.135. The lowest BCUT2D eigenvalue weighted by Gasteiger charge is -2.34. The summed E-state index contributed by atoms with van der Waals surface area (Å²) in [6.07, 6.45) is 5.54. The van der Waals surface area contributed by atoms with Crippen molar-refractivity contribution in [2.75, 3.05) is 13.7 Å². The van der Waals surface area contributed by atoms with Gasteiger partial charge in [-0.1, -0.05) is 32.1 Å². The number of rotatable bonds is 16. The Kier molecular flexibility index (Phi) is 14.1. The first kappa shape index (κ1) is 30.7. The van der Waals surface area contributed by atoms with E-state index >= 15 is 0 Å². The van der Waals surface area contributed by atoms with Crippen LogP contribution in [0.5, 0.6) is 5.75 Å². The highest BCUT2D eigenvalue weighted by Crippen LogP contribution is 2.45. The summed E-state index contributed by atoms with van der Waals surface area (Å²) in [5, 5.41) is 0. The van der Waals surface area contributed by atoms with E-state index in [9.17, 15) is 26.7 Å². The predicted molar refractivity (Wildman–Crippen MR) is 121 cm³/mol. The fourth-order valence-corrected chi connectivity index (χ4v) is 4.89.